The van der Waals surface area contributed by atoms with Crippen LogP contribution in [0, 0.1) is 0 Å². The molecule has 2 aromatic rings. The first-order chi connectivity index (χ1) is 10.1. The van der Waals surface area contributed by atoms with Crippen LogP contribution >= 0.6 is 27.5 Å². The lowest BCUT2D eigenvalue weighted by atomic mass is 9.99. The van der Waals surface area contributed by atoms with E-state index in [2.05, 4.69) is 56.4 Å². The fraction of sp³-hybridized carbons (Fsp3) is 0.312. The molecule has 5 heteroatoms. The van der Waals surface area contributed by atoms with Gasteiger partial charge in [-0.3, -0.25) is 0 Å². The van der Waals surface area contributed by atoms with Crippen molar-refractivity contribution in [1.29, 1.82) is 0 Å². The summed E-state index contributed by atoms with van der Waals surface area (Å²) >= 11 is 9.29. The topological polar surface area (TPSA) is 28.2 Å². The second kappa shape index (κ2) is 6.24. The van der Waals surface area contributed by atoms with E-state index in [0.29, 0.717) is 5.15 Å². The highest BCUT2D eigenvalue weighted by atomic mass is 79.9. The van der Waals surface area contributed by atoms with Crippen molar-refractivity contribution in [2.75, 3.05) is 23.8 Å². The molecular weight excluding hydrogens is 350 g/mol. The van der Waals surface area contributed by atoms with E-state index in [1.165, 1.54) is 29.7 Å². The fourth-order valence-corrected chi connectivity index (χ4v) is 3.12. The predicted molar refractivity (Wildman–Crippen MR) is 92.3 cm³/mol. The molecule has 110 valence electrons. The number of fused-ring (bicyclic) bond motifs is 1. The summed E-state index contributed by atoms with van der Waals surface area (Å²) in [7, 11) is 2.16. The molecule has 0 fully saturated rings. The first-order valence-electron chi connectivity index (χ1n) is 7.01. The molecule has 21 heavy (non-hydrogen) atoms. The molecule has 1 aliphatic rings. The van der Waals surface area contributed by atoms with Crippen molar-refractivity contribution in [3.05, 3.63) is 51.2 Å². The van der Waals surface area contributed by atoms with Gasteiger partial charge < -0.3 is 10.2 Å². The Kier molecular flexibility index (Phi) is 4.36. The predicted octanol–water partition coefficient (Wildman–Crippen LogP) is 4.49. The van der Waals surface area contributed by atoms with E-state index in [0.717, 1.165) is 23.2 Å². The Morgan fingerprint density at radius 3 is 3.05 bits per heavy atom. The van der Waals surface area contributed by atoms with Gasteiger partial charge in [0.05, 0.1) is 16.4 Å². The normalized spacial score (nSPS) is 14.0. The number of nitrogens with zero attached hydrogens (tertiary/aromatic N) is 2. The van der Waals surface area contributed by atoms with Crippen LogP contribution in [0.1, 0.15) is 17.5 Å². The lowest BCUT2D eigenvalue weighted by Gasteiger charge is -2.27. The molecule has 3 rings (SSSR count). The van der Waals surface area contributed by atoms with Crippen molar-refractivity contribution < 1.29 is 0 Å². The molecule has 0 radical (unpaired) electrons. The third-order valence-corrected chi connectivity index (χ3v) is 4.92. The highest BCUT2D eigenvalue weighted by Gasteiger charge is 2.13. The van der Waals surface area contributed by atoms with Gasteiger partial charge in [0, 0.05) is 25.8 Å². The van der Waals surface area contributed by atoms with Gasteiger partial charge in [0.1, 0.15) is 5.15 Å². The molecule has 0 bridgehead atoms. The Balaban J connectivity index is 1.72. The largest absolute Gasteiger partial charge is 0.380 e. The lowest BCUT2D eigenvalue weighted by Crippen LogP contribution is -2.24. The average Bonchev–Trinajstić information content (AvgIpc) is 2.49. The number of aryl methyl sites for hydroxylation is 1. The van der Waals surface area contributed by atoms with Crippen LogP contribution in [0.3, 0.4) is 0 Å². The average molecular weight is 367 g/mol. The molecule has 1 N–H and O–H groups in total. The Hall–Kier alpha value is -1.26. The van der Waals surface area contributed by atoms with Gasteiger partial charge in [-0.25, -0.2) is 4.98 Å². The lowest BCUT2D eigenvalue weighted by molar-refractivity contribution is 0.743. The molecule has 0 amide bonds. The van der Waals surface area contributed by atoms with E-state index in [1.807, 2.05) is 6.07 Å². The summed E-state index contributed by atoms with van der Waals surface area (Å²) in [6.07, 6.45) is 4.15. The van der Waals surface area contributed by atoms with Gasteiger partial charge in [-0.2, -0.15) is 0 Å². The van der Waals surface area contributed by atoms with Crippen LogP contribution < -0.4 is 10.2 Å². The quantitative estimate of drug-likeness (QED) is 0.811. The van der Waals surface area contributed by atoms with E-state index < -0.39 is 0 Å². The van der Waals surface area contributed by atoms with Crippen molar-refractivity contribution in [2.45, 2.75) is 19.4 Å². The third kappa shape index (κ3) is 3.33. The van der Waals surface area contributed by atoms with Crippen LogP contribution in [-0.4, -0.2) is 18.6 Å². The molecular formula is C16H17BrClN3. The Morgan fingerprint density at radius 1 is 1.38 bits per heavy atom. The van der Waals surface area contributed by atoms with Crippen molar-refractivity contribution >= 4 is 38.9 Å². The number of benzene rings is 1. The number of aromatic nitrogens is 1. The Bertz CT molecular complexity index is 660. The minimum Gasteiger partial charge on any atom is -0.380 e. The zero-order valence-electron chi connectivity index (χ0n) is 11.9. The van der Waals surface area contributed by atoms with Gasteiger partial charge in [0.2, 0.25) is 0 Å². The summed E-state index contributed by atoms with van der Waals surface area (Å²) < 4.78 is 0.807. The van der Waals surface area contributed by atoms with Crippen molar-refractivity contribution in [3.8, 4) is 0 Å². The highest BCUT2D eigenvalue weighted by Crippen LogP contribution is 2.27. The molecule has 0 saturated heterocycles. The van der Waals surface area contributed by atoms with Gasteiger partial charge in [0.25, 0.3) is 0 Å². The van der Waals surface area contributed by atoms with Crippen molar-refractivity contribution in [2.24, 2.45) is 0 Å². The zero-order valence-corrected chi connectivity index (χ0v) is 14.2. The monoisotopic (exact) mass is 365 g/mol. The number of halogens is 2. The van der Waals surface area contributed by atoms with E-state index in [9.17, 15) is 0 Å². The maximum Gasteiger partial charge on any atom is 0.143 e. The number of hydrogen-bond acceptors (Lipinski definition) is 3. The maximum atomic E-state index is 5.90. The Morgan fingerprint density at radius 2 is 2.24 bits per heavy atom. The highest BCUT2D eigenvalue weighted by molar-refractivity contribution is 9.10. The van der Waals surface area contributed by atoms with E-state index in [1.54, 1.807) is 6.20 Å². The third-order valence-electron chi connectivity index (χ3n) is 3.79. The van der Waals surface area contributed by atoms with E-state index in [-0.39, 0.29) is 0 Å². The molecule has 2 heterocycles. The number of pyridine rings is 1. The summed E-state index contributed by atoms with van der Waals surface area (Å²) in [6, 6.07) is 8.66. The molecule has 0 unspecified atom stereocenters. The molecule has 1 aromatic carbocycles. The van der Waals surface area contributed by atoms with Gasteiger partial charge in [-0.05, 0) is 52.0 Å². The molecule has 3 nitrogen and oxygen atoms in total. The van der Waals surface area contributed by atoms with Crippen LogP contribution in [0.2, 0.25) is 5.15 Å². The first kappa shape index (κ1) is 14.7. The van der Waals surface area contributed by atoms with Crippen molar-refractivity contribution in [1.82, 2.24) is 4.98 Å². The molecule has 0 spiro atoms. The van der Waals surface area contributed by atoms with Crippen LogP contribution in [0.15, 0.2) is 34.9 Å². The smallest absolute Gasteiger partial charge is 0.143 e. The summed E-state index contributed by atoms with van der Waals surface area (Å²) in [5, 5.41) is 3.87. The standard InChI is InChI=1S/C16H17BrClN3/c1-21-6-2-3-12-7-11(4-5-15(12)21)9-19-13-8-14(17)16(18)20-10-13/h4-5,7-8,10,19H,2-3,6,9H2,1H3. The van der Waals surface area contributed by atoms with Crippen LogP contribution in [0.25, 0.3) is 0 Å². The second-order valence-corrected chi connectivity index (χ2v) is 6.55. The van der Waals surface area contributed by atoms with E-state index >= 15 is 0 Å². The maximum absolute atomic E-state index is 5.90. The van der Waals surface area contributed by atoms with Crippen LogP contribution in [0.4, 0.5) is 11.4 Å². The van der Waals surface area contributed by atoms with Gasteiger partial charge in [0.15, 0.2) is 0 Å². The van der Waals surface area contributed by atoms with Crippen LogP contribution in [0.5, 0.6) is 0 Å². The Labute approximate surface area is 138 Å². The minimum atomic E-state index is 0.484. The molecule has 1 aliphatic heterocycles. The van der Waals surface area contributed by atoms with Crippen molar-refractivity contribution in [3.63, 3.8) is 0 Å². The SMILES string of the molecule is CN1CCCc2cc(CNc3cnc(Cl)c(Br)c3)ccc21. The number of hydrogen-bond donors (Lipinski definition) is 1. The van der Waals surface area contributed by atoms with Gasteiger partial charge in [-0.15, -0.1) is 0 Å². The van der Waals surface area contributed by atoms with Gasteiger partial charge >= 0.3 is 0 Å². The first-order valence-corrected chi connectivity index (χ1v) is 8.18. The van der Waals surface area contributed by atoms with Gasteiger partial charge in [-0.1, -0.05) is 23.7 Å². The number of rotatable bonds is 3. The number of nitrogens with one attached hydrogen (secondary N) is 1. The summed E-state index contributed by atoms with van der Waals surface area (Å²) in [6.45, 7) is 1.93. The van der Waals surface area contributed by atoms with Crippen LogP contribution in [-0.2, 0) is 13.0 Å². The zero-order chi connectivity index (χ0) is 14.8. The molecule has 0 aliphatic carbocycles. The molecule has 0 atom stereocenters. The minimum absolute atomic E-state index is 0.484. The molecule has 1 aromatic heterocycles. The summed E-state index contributed by atoms with van der Waals surface area (Å²) in [4.78, 5) is 6.45. The summed E-state index contributed by atoms with van der Waals surface area (Å²) in [5.41, 5.74) is 5.05. The van der Waals surface area contributed by atoms with E-state index in [4.69, 9.17) is 11.6 Å². The molecule has 0 saturated carbocycles. The summed E-state index contributed by atoms with van der Waals surface area (Å²) in [5.74, 6) is 0. The fourth-order valence-electron chi connectivity index (χ4n) is 2.67. The number of anilines is 2. The second-order valence-electron chi connectivity index (χ2n) is 5.34.